The van der Waals surface area contributed by atoms with Gasteiger partial charge in [-0.3, -0.25) is 25.2 Å². The van der Waals surface area contributed by atoms with Crippen LogP contribution in [0.3, 0.4) is 0 Å². The first kappa shape index (κ1) is 21.7. The summed E-state index contributed by atoms with van der Waals surface area (Å²) in [5, 5.41) is 22.8. The maximum atomic E-state index is 11.3. The van der Waals surface area contributed by atoms with E-state index in [0.717, 1.165) is 17.7 Å². The van der Waals surface area contributed by atoms with Gasteiger partial charge in [-0.1, -0.05) is 17.7 Å². The van der Waals surface area contributed by atoms with Gasteiger partial charge in [0.15, 0.2) is 11.5 Å². The van der Waals surface area contributed by atoms with E-state index in [1.165, 1.54) is 13.2 Å². The number of hydrogen-bond donors (Lipinski definition) is 0. The van der Waals surface area contributed by atoms with E-state index in [4.69, 9.17) is 21.1 Å². The lowest BCUT2D eigenvalue weighted by Crippen LogP contribution is -1.97. The Morgan fingerprint density at radius 2 is 1.68 bits per heavy atom. The number of ether oxygens (including phenoxy) is 2. The summed E-state index contributed by atoms with van der Waals surface area (Å²) < 4.78 is 10.9. The maximum Gasteiger partial charge on any atom is 0.318 e. The number of methoxy groups -OCH3 is 1. The number of aryl methyl sites for hydroxylation is 1. The van der Waals surface area contributed by atoms with Crippen LogP contribution in [0.15, 0.2) is 59.6 Å². The molecule has 3 aromatic carbocycles. The summed E-state index contributed by atoms with van der Waals surface area (Å²) in [6.07, 6.45) is 1.61. The minimum absolute atomic E-state index is 0.149. The van der Waals surface area contributed by atoms with E-state index < -0.39 is 21.2 Å². The summed E-state index contributed by atoms with van der Waals surface area (Å²) in [5.74, 6) is 0.359. The first-order valence-electron chi connectivity index (χ1n) is 8.87. The summed E-state index contributed by atoms with van der Waals surface area (Å²) >= 11 is 6.11. The molecule has 0 bridgehead atoms. The van der Waals surface area contributed by atoms with Crippen molar-refractivity contribution in [2.24, 2.45) is 4.99 Å². The van der Waals surface area contributed by atoms with E-state index in [2.05, 4.69) is 4.99 Å². The predicted octanol–water partition coefficient (Wildman–Crippen LogP) is 6.02. The van der Waals surface area contributed by atoms with Crippen molar-refractivity contribution in [1.29, 1.82) is 0 Å². The molecule has 10 heteroatoms. The number of hydrogen-bond acceptors (Lipinski definition) is 7. The predicted molar refractivity (Wildman–Crippen MR) is 116 cm³/mol. The van der Waals surface area contributed by atoms with Crippen LogP contribution in [0.25, 0.3) is 0 Å². The van der Waals surface area contributed by atoms with Gasteiger partial charge in [-0.25, -0.2) is 0 Å². The highest BCUT2D eigenvalue weighted by atomic mass is 35.5. The lowest BCUT2D eigenvalue weighted by molar-refractivity contribution is -0.394. The van der Waals surface area contributed by atoms with Crippen LogP contribution in [0.5, 0.6) is 17.2 Å². The molecular weight excluding hydrogens is 426 g/mol. The van der Waals surface area contributed by atoms with Gasteiger partial charge in [0.1, 0.15) is 0 Å². The third-order valence-corrected chi connectivity index (χ3v) is 4.68. The largest absolute Gasteiger partial charge is 0.493 e. The molecule has 0 N–H and O–H groups in total. The summed E-state index contributed by atoms with van der Waals surface area (Å²) in [4.78, 5) is 25.1. The topological polar surface area (TPSA) is 117 Å². The summed E-state index contributed by atoms with van der Waals surface area (Å²) in [5.41, 5.74) is 1.38. The Balaban J connectivity index is 1.88. The maximum absolute atomic E-state index is 11.3. The molecule has 158 valence electrons. The van der Waals surface area contributed by atoms with E-state index in [1.807, 2.05) is 19.1 Å². The van der Waals surface area contributed by atoms with Gasteiger partial charge in [0.25, 0.3) is 5.69 Å². The van der Waals surface area contributed by atoms with Gasteiger partial charge < -0.3 is 9.47 Å². The number of nitro groups is 2. The normalized spacial score (nSPS) is 10.8. The number of nitro benzene ring substituents is 2. The smallest absolute Gasteiger partial charge is 0.318 e. The summed E-state index contributed by atoms with van der Waals surface area (Å²) in [7, 11) is 1.42. The van der Waals surface area contributed by atoms with Crippen molar-refractivity contribution in [3.8, 4) is 17.2 Å². The van der Waals surface area contributed by atoms with Gasteiger partial charge in [-0.05, 0) is 54.4 Å². The van der Waals surface area contributed by atoms with Crippen molar-refractivity contribution >= 4 is 34.9 Å². The highest BCUT2D eigenvalue weighted by molar-refractivity contribution is 6.31. The van der Waals surface area contributed by atoms with Crippen molar-refractivity contribution in [2.45, 2.75) is 6.92 Å². The molecule has 0 aromatic heterocycles. The van der Waals surface area contributed by atoms with Gasteiger partial charge in [-0.2, -0.15) is 0 Å². The molecule has 9 nitrogen and oxygen atoms in total. The van der Waals surface area contributed by atoms with Gasteiger partial charge in [0.05, 0.1) is 28.7 Å². The average molecular weight is 442 g/mol. The SMILES string of the molecule is COc1cc(C=Nc2ccc(C)c(Cl)c2)ccc1Oc1ccc([N+](=O)[O-])cc1[N+](=O)[O-]. The first-order chi connectivity index (χ1) is 14.8. The summed E-state index contributed by atoms with van der Waals surface area (Å²) in [6, 6.07) is 13.5. The van der Waals surface area contributed by atoms with E-state index in [-0.39, 0.29) is 11.5 Å². The molecule has 0 spiro atoms. The highest BCUT2D eigenvalue weighted by Gasteiger charge is 2.22. The molecule has 0 heterocycles. The monoisotopic (exact) mass is 441 g/mol. The van der Waals surface area contributed by atoms with Crippen LogP contribution in [-0.2, 0) is 0 Å². The van der Waals surface area contributed by atoms with Crippen LogP contribution in [0.1, 0.15) is 11.1 Å². The second-order valence-corrected chi connectivity index (χ2v) is 6.78. The van der Waals surface area contributed by atoms with Crippen molar-refractivity contribution < 1.29 is 19.3 Å². The standard InChI is InChI=1S/C21H16ClN3O6/c1-13-3-5-15(10-17(13)22)23-12-14-4-7-20(21(9-14)30-2)31-19-8-6-16(24(26)27)11-18(19)25(28)29/h3-12H,1-2H3. The van der Waals surface area contributed by atoms with E-state index in [0.29, 0.717) is 22.0 Å². The van der Waals surface area contributed by atoms with E-state index in [9.17, 15) is 20.2 Å². The second-order valence-electron chi connectivity index (χ2n) is 6.37. The van der Waals surface area contributed by atoms with Crippen molar-refractivity contribution in [1.82, 2.24) is 0 Å². The van der Waals surface area contributed by atoms with Crippen LogP contribution in [-0.4, -0.2) is 23.2 Å². The number of halogens is 1. The van der Waals surface area contributed by atoms with Crippen LogP contribution < -0.4 is 9.47 Å². The molecule has 0 unspecified atom stereocenters. The minimum Gasteiger partial charge on any atom is -0.493 e. The van der Waals surface area contributed by atoms with Crippen LogP contribution in [0, 0.1) is 27.2 Å². The number of nitrogens with zero attached hydrogens (tertiary/aromatic N) is 3. The molecule has 3 aromatic rings. The molecule has 0 amide bonds. The molecule has 0 radical (unpaired) electrons. The lowest BCUT2D eigenvalue weighted by Gasteiger charge is -2.11. The van der Waals surface area contributed by atoms with Crippen LogP contribution in [0.4, 0.5) is 17.1 Å². The zero-order valence-corrected chi connectivity index (χ0v) is 17.2. The van der Waals surface area contributed by atoms with Gasteiger partial charge in [0.2, 0.25) is 5.75 Å². The molecule has 0 atom stereocenters. The van der Waals surface area contributed by atoms with Crippen molar-refractivity contribution in [3.05, 3.63) is 91.0 Å². The third kappa shape index (κ3) is 5.14. The Bertz CT molecular complexity index is 1200. The summed E-state index contributed by atoms with van der Waals surface area (Å²) in [6.45, 7) is 1.90. The van der Waals surface area contributed by atoms with Gasteiger partial charge in [-0.15, -0.1) is 0 Å². The Morgan fingerprint density at radius 1 is 0.935 bits per heavy atom. The Morgan fingerprint density at radius 3 is 2.32 bits per heavy atom. The average Bonchev–Trinajstić information content (AvgIpc) is 2.75. The molecule has 0 saturated heterocycles. The minimum atomic E-state index is -0.747. The molecule has 0 fully saturated rings. The van der Waals surface area contributed by atoms with Crippen LogP contribution >= 0.6 is 11.6 Å². The first-order valence-corrected chi connectivity index (χ1v) is 9.25. The fourth-order valence-corrected chi connectivity index (χ4v) is 2.80. The van der Waals surface area contributed by atoms with Gasteiger partial charge >= 0.3 is 5.69 Å². The number of non-ortho nitro benzene ring substituents is 1. The van der Waals surface area contributed by atoms with E-state index >= 15 is 0 Å². The Labute approximate surface area is 181 Å². The molecule has 0 aliphatic heterocycles. The third-order valence-electron chi connectivity index (χ3n) is 4.28. The van der Waals surface area contributed by atoms with E-state index in [1.54, 1.807) is 30.5 Å². The molecule has 0 aliphatic rings. The second kappa shape index (κ2) is 9.23. The molecule has 3 rings (SSSR count). The lowest BCUT2D eigenvalue weighted by atomic mass is 10.2. The highest BCUT2D eigenvalue weighted by Crippen LogP contribution is 2.38. The number of benzene rings is 3. The number of aliphatic imine (C=N–C) groups is 1. The molecule has 0 aliphatic carbocycles. The fraction of sp³-hybridized carbons (Fsp3) is 0.0952. The number of rotatable bonds is 7. The van der Waals surface area contributed by atoms with Crippen LogP contribution in [0.2, 0.25) is 5.02 Å². The zero-order chi connectivity index (χ0) is 22.5. The van der Waals surface area contributed by atoms with Crippen molar-refractivity contribution in [2.75, 3.05) is 7.11 Å². The van der Waals surface area contributed by atoms with Gasteiger partial charge in [0, 0.05) is 17.3 Å². The van der Waals surface area contributed by atoms with Crippen molar-refractivity contribution in [3.63, 3.8) is 0 Å². The molecule has 0 saturated carbocycles. The Kier molecular flexibility index (Phi) is 6.46. The molecule has 31 heavy (non-hydrogen) atoms. The Hall–Kier alpha value is -3.98. The molecular formula is C21H16ClN3O6. The fourth-order valence-electron chi connectivity index (χ4n) is 2.63. The quantitative estimate of drug-likeness (QED) is 0.251. The zero-order valence-electron chi connectivity index (χ0n) is 16.4.